The van der Waals surface area contributed by atoms with Crippen molar-refractivity contribution in [1.29, 1.82) is 0 Å². The molecule has 0 saturated carbocycles. The predicted molar refractivity (Wildman–Crippen MR) is 69.5 cm³/mol. The molecular formula is C12H6BrCl2O. The standard InChI is InChI=1S/C12H6BrCl2O/c13-8-3-1-4-9(7-8)16-11-6-2-5-10(14)12(11)15/h1-2,4-7H. The van der Waals surface area contributed by atoms with Gasteiger partial charge in [0.25, 0.3) is 0 Å². The SMILES string of the molecule is Clc1cccc(Oc2cc[c]c(Br)c2)c1Cl. The average Bonchev–Trinajstić information content (AvgIpc) is 2.25. The Morgan fingerprint density at radius 1 is 1.19 bits per heavy atom. The number of ether oxygens (including phenoxy) is 1. The van der Waals surface area contributed by atoms with Gasteiger partial charge in [-0.3, -0.25) is 0 Å². The van der Waals surface area contributed by atoms with Crippen LogP contribution in [0.25, 0.3) is 0 Å². The highest BCUT2D eigenvalue weighted by Gasteiger charge is 2.06. The van der Waals surface area contributed by atoms with Gasteiger partial charge < -0.3 is 4.74 Å². The van der Waals surface area contributed by atoms with Gasteiger partial charge in [-0.1, -0.05) is 45.2 Å². The molecule has 1 radical (unpaired) electrons. The summed E-state index contributed by atoms with van der Waals surface area (Å²) in [7, 11) is 0. The molecule has 0 N–H and O–H groups in total. The van der Waals surface area contributed by atoms with Crippen LogP contribution in [0.2, 0.25) is 10.0 Å². The molecule has 0 atom stereocenters. The summed E-state index contributed by atoms with van der Waals surface area (Å²) in [6.07, 6.45) is 0. The molecule has 4 heteroatoms. The maximum Gasteiger partial charge on any atom is 0.147 e. The Bertz CT molecular complexity index is 514. The number of hydrogen-bond donors (Lipinski definition) is 0. The minimum Gasteiger partial charge on any atom is -0.456 e. The lowest BCUT2D eigenvalue weighted by Crippen LogP contribution is -1.85. The summed E-state index contributed by atoms with van der Waals surface area (Å²) in [4.78, 5) is 0. The van der Waals surface area contributed by atoms with Crippen LogP contribution in [-0.4, -0.2) is 0 Å². The van der Waals surface area contributed by atoms with Crippen molar-refractivity contribution in [3.05, 3.63) is 57.0 Å². The molecule has 0 saturated heterocycles. The van der Waals surface area contributed by atoms with Gasteiger partial charge in [0.1, 0.15) is 16.5 Å². The molecule has 16 heavy (non-hydrogen) atoms. The lowest BCUT2D eigenvalue weighted by molar-refractivity contribution is 0.482. The van der Waals surface area contributed by atoms with Gasteiger partial charge in [0, 0.05) is 4.47 Å². The van der Waals surface area contributed by atoms with Crippen LogP contribution < -0.4 is 4.74 Å². The maximum atomic E-state index is 6.01. The summed E-state index contributed by atoms with van der Waals surface area (Å²) in [6, 6.07) is 13.6. The van der Waals surface area contributed by atoms with Gasteiger partial charge in [-0.25, -0.2) is 0 Å². The molecule has 1 nitrogen and oxygen atoms in total. The summed E-state index contributed by atoms with van der Waals surface area (Å²) >= 11 is 15.2. The number of halogens is 3. The van der Waals surface area contributed by atoms with Crippen molar-refractivity contribution < 1.29 is 4.74 Å². The van der Waals surface area contributed by atoms with Crippen molar-refractivity contribution in [2.24, 2.45) is 0 Å². The van der Waals surface area contributed by atoms with E-state index in [4.69, 9.17) is 27.9 Å². The minimum absolute atomic E-state index is 0.410. The highest BCUT2D eigenvalue weighted by Crippen LogP contribution is 2.34. The molecule has 0 unspecified atom stereocenters. The van der Waals surface area contributed by atoms with Gasteiger partial charge in [0.2, 0.25) is 0 Å². The van der Waals surface area contributed by atoms with E-state index in [1.165, 1.54) is 0 Å². The highest BCUT2D eigenvalue weighted by molar-refractivity contribution is 9.10. The molecule has 0 bridgehead atoms. The summed E-state index contributed by atoms with van der Waals surface area (Å²) in [5.74, 6) is 1.21. The van der Waals surface area contributed by atoms with Crippen molar-refractivity contribution in [3.8, 4) is 11.5 Å². The van der Waals surface area contributed by atoms with Crippen LogP contribution in [-0.2, 0) is 0 Å². The van der Waals surface area contributed by atoms with E-state index in [2.05, 4.69) is 22.0 Å². The Morgan fingerprint density at radius 3 is 2.75 bits per heavy atom. The molecule has 2 rings (SSSR count). The van der Waals surface area contributed by atoms with Gasteiger partial charge in [0.05, 0.1) is 5.02 Å². The first-order chi connectivity index (χ1) is 7.66. The maximum absolute atomic E-state index is 6.01. The molecule has 0 aliphatic heterocycles. The largest absolute Gasteiger partial charge is 0.456 e. The molecule has 0 heterocycles. The molecule has 0 fully saturated rings. The second-order valence-corrected chi connectivity index (χ2v) is 4.67. The van der Waals surface area contributed by atoms with Crippen molar-refractivity contribution in [2.45, 2.75) is 0 Å². The van der Waals surface area contributed by atoms with E-state index in [0.717, 1.165) is 4.47 Å². The molecule has 2 aromatic carbocycles. The van der Waals surface area contributed by atoms with E-state index in [-0.39, 0.29) is 0 Å². The number of benzene rings is 2. The minimum atomic E-state index is 0.410. The Labute approximate surface area is 112 Å². The summed E-state index contributed by atoms with van der Waals surface area (Å²) in [6.45, 7) is 0. The second-order valence-electron chi connectivity index (χ2n) is 3.03. The fraction of sp³-hybridized carbons (Fsp3) is 0. The molecule has 2 aromatic rings. The van der Waals surface area contributed by atoms with Crippen LogP contribution in [0.1, 0.15) is 0 Å². The van der Waals surface area contributed by atoms with E-state index in [1.807, 2.05) is 0 Å². The van der Waals surface area contributed by atoms with Gasteiger partial charge in [-0.2, -0.15) is 0 Å². The van der Waals surface area contributed by atoms with E-state index < -0.39 is 0 Å². The molecule has 0 amide bonds. The summed E-state index contributed by atoms with van der Waals surface area (Å²) in [5.41, 5.74) is 0. The first-order valence-corrected chi connectivity index (χ1v) is 6.01. The zero-order chi connectivity index (χ0) is 11.5. The molecule has 0 aliphatic carbocycles. The zero-order valence-electron chi connectivity index (χ0n) is 8.01. The normalized spacial score (nSPS) is 10.2. The van der Waals surface area contributed by atoms with Gasteiger partial charge in [-0.05, 0) is 36.4 Å². The lowest BCUT2D eigenvalue weighted by Gasteiger charge is -2.08. The first-order valence-electron chi connectivity index (χ1n) is 4.46. The van der Waals surface area contributed by atoms with Crippen molar-refractivity contribution >= 4 is 39.1 Å². The number of hydrogen-bond acceptors (Lipinski definition) is 1. The quantitative estimate of drug-likeness (QED) is 0.725. The smallest absolute Gasteiger partial charge is 0.147 e. The Morgan fingerprint density at radius 2 is 2.00 bits per heavy atom. The summed E-state index contributed by atoms with van der Waals surface area (Å²) in [5, 5.41) is 0.883. The predicted octanol–water partition coefficient (Wildman–Crippen LogP) is 5.35. The van der Waals surface area contributed by atoms with Gasteiger partial charge in [0.15, 0.2) is 0 Å². The number of rotatable bonds is 2. The third kappa shape index (κ3) is 2.70. The second kappa shape index (κ2) is 5.09. The fourth-order valence-electron chi connectivity index (χ4n) is 1.17. The average molecular weight is 317 g/mol. The molecule has 0 spiro atoms. The lowest BCUT2D eigenvalue weighted by atomic mass is 10.3. The van der Waals surface area contributed by atoms with Crippen molar-refractivity contribution in [2.75, 3.05) is 0 Å². The van der Waals surface area contributed by atoms with E-state index in [9.17, 15) is 0 Å². The van der Waals surface area contributed by atoms with Gasteiger partial charge >= 0.3 is 0 Å². The molecule has 0 aromatic heterocycles. The van der Waals surface area contributed by atoms with Crippen LogP contribution in [0, 0.1) is 6.07 Å². The Balaban J connectivity index is 2.31. The zero-order valence-corrected chi connectivity index (χ0v) is 11.1. The third-order valence-electron chi connectivity index (χ3n) is 1.88. The molecular weight excluding hydrogens is 311 g/mol. The topological polar surface area (TPSA) is 9.23 Å². The summed E-state index contributed by atoms with van der Waals surface area (Å²) < 4.78 is 6.43. The van der Waals surface area contributed by atoms with Crippen LogP contribution in [0.3, 0.4) is 0 Å². The van der Waals surface area contributed by atoms with Crippen LogP contribution in [0.4, 0.5) is 0 Å². The Hall–Kier alpha value is -0.700. The van der Waals surface area contributed by atoms with Crippen molar-refractivity contribution in [3.63, 3.8) is 0 Å². The van der Waals surface area contributed by atoms with Crippen LogP contribution >= 0.6 is 39.1 Å². The monoisotopic (exact) mass is 315 g/mol. The van der Waals surface area contributed by atoms with Crippen LogP contribution in [0.15, 0.2) is 40.9 Å². The Kier molecular flexibility index (Phi) is 3.74. The van der Waals surface area contributed by atoms with E-state index >= 15 is 0 Å². The fourth-order valence-corrected chi connectivity index (χ4v) is 1.86. The highest BCUT2D eigenvalue weighted by atomic mass is 79.9. The molecule has 0 aliphatic rings. The van der Waals surface area contributed by atoms with Crippen LogP contribution in [0.5, 0.6) is 11.5 Å². The van der Waals surface area contributed by atoms with E-state index in [1.54, 1.807) is 36.4 Å². The first kappa shape index (κ1) is 11.8. The van der Waals surface area contributed by atoms with E-state index in [0.29, 0.717) is 21.5 Å². The van der Waals surface area contributed by atoms with Crippen molar-refractivity contribution in [1.82, 2.24) is 0 Å². The van der Waals surface area contributed by atoms with Gasteiger partial charge in [-0.15, -0.1) is 0 Å². The third-order valence-corrected chi connectivity index (χ3v) is 3.14. The molecule has 81 valence electrons.